The maximum Gasteiger partial charge on any atom is 0.410 e. The second-order valence-electron chi connectivity index (χ2n) is 6.56. The summed E-state index contributed by atoms with van der Waals surface area (Å²) in [5.41, 5.74) is -0.508. The van der Waals surface area contributed by atoms with Crippen LogP contribution in [0.2, 0.25) is 0 Å². The van der Waals surface area contributed by atoms with Gasteiger partial charge >= 0.3 is 12.1 Å². The number of nitrogens with one attached hydrogen (secondary N) is 1. The predicted octanol–water partition coefficient (Wildman–Crippen LogP) is 2.47. The molecular formula is C15H30N2O4. The Morgan fingerprint density at radius 2 is 1.81 bits per heavy atom. The van der Waals surface area contributed by atoms with Crippen LogP contribution in [-0.4, -0.2) is 52.8 Å². The van der Waals surface area contributed by atoms with Crippen molar-refractivity contribution in [2.45, 2.75) is 72.1 Å². The van der Waals surface area contributed by atoms with Gasteiger partial charge in [0.2, 0.25) is 0 Å². The maximum absolute atomic E-state index is 12.1. The molecule has 2 N–H and O–H groups in total. The molecule has 21 heavy (non-hydrogen) atoms. The van der Waals surface area contributed by atoms with Gasteiger partial charge in [0.15, 0.2) is 0 Å². The Bertz CT molecular complexity index is 337. The van der Waals surface area contributed by atoms with Crippen LogP contribution in [0.5, 0.6) is 0 Å². The van der Waals surface area contributed by atoms with Crippen molar-refractivity contribution in [3.8, 4) is 0 Å². The number of carboxylic acids is 1. The van der Waals surface area contributed by atoms with E-state index in [1.54, 1.807) is 4.90 Å². The van der Waals surface area contributed by atoms with Crippen LogP contribution in [0, 0.1) is 0 Å². The van der Waals surface area contributed by atoms with Gasteiger partial charge in [-0.2, -0.15) is 0 Å². The SMILES string of the molecule is CC(CCC(=O)O)NCCN(C(=O)OC(C)(C)C)C(C)C. The molecule has 0 bridgehead atoms. The molecule has 1 amide bonds. The highest BCUT2D eigenvalue weighted by Crippen LogP contribution is 2.11. The summed E-state index contributed by atoms with van der Waals surface area (Å²) in [6.07, 6.45) is 0.398. The quantitative estimate of drug-likeness (QED) is 0.720. The second kappa shape index (κ2) is 8.87. The number of aliphatic carboxylic acids is 1. The predicted molar refractivity (Wildman–Crippen MR) is 82.4 cm³/mol. The van der Waals surface area contributed by atoms with Crippen LogP contribution in [-0.2, 0) is 9.53 Å². The van der Waals surface area contributed by atoms with Gasteiger partial charge < -0.3 is 20.1 Å². The summed E-state index contributed by atoms with van der Waals surface area (Å²) in [4.78, 5) is 24.3. The van der Waals surface area contributed by atoms with Crippen LogP contribution in [0.4, 0.5) is 4.79 Å². The van der Waals surface area contributed by atoms with Gasteiger partial charge in [-0.15, -0.1) is 0 Å². The van der Waals surface area contributed by atoms with Gasteiger partial charge in [-0.25, -0.2) is 4.79 Å². The number of carboxylic acid groups (broad SMARTS) is 1. The molecule has 0 saturated carbocycles. The van der Waals surface area contributed by atoms with Crippen molar-refractivity contribution in [1.29, 1.82) is 0 Å². The molecule has 1 atom stereocenters. The van der Waals surface area contributed by atoms with Crippen molar-refractivity contribution in [3.05, 3.63) is 0 Å². The summed E-state index contributed by atoms with van der Waals surface area (Å²) in [7, 11) is 0. The molecule has 0 aromatic carbocycles. The fourth-order valence-electron chi connectivity index (χ4n) is 1.75. The zero-order valence-electron chi connectivity index (χ0n) is 14.1. The molecule has 0 rings (SSSR count). The Morgan fingerprint density at radius 1 is 1.24 bits per heavy atom. The Labute approximate surface area is 127 Å². The van der Waals surface area contributed by atoms with Crippen molar-refractivity contribution in [2.75, 3.05) is 13.1 Å². The largest absolute Gasteiger partial charge is 0.481 e. The molecule has 6 nitrogen and oxygen atoms in total. The lowest BCUT2D eigenvalue weighted by molar-refractivity contribution is -0.137. The number of carbonyl (C=O) groups is 2. The van der Waals surface area contributed by atoms with Gasteiger partial charge in [0.1, 0.15) is 5.60 Å². The van der Waals surface area contributed by atoms with E-state index in [0.29, 0.717) is 19.5 Å². The standard InChI is InChI=1S/C15H30N2O4/c1-11(2)17(14(20)21-15(4,5)6)10-9-16-12(3)7-8-13(18)19/h11-12,16H,7-10H2,1-6H3,(H,18,19). The van der Waals surface area contributed by atoms with Crippen molar-refractivity contribution in [2.24, 2.45) is 0 Å². The van der Waals surface area contributed by atoms with Crippen molar-refractivity contribution in [3.63, 3.8) is 0 Å². The molecule has 0 aromatic rings. The van der Waals surface area contributed by atoms with E-state index in [-0.39, 0.29) is 24.6 Å². The Kier molecular flexibility index (Phi) is 8.32. The number of hydrogen-bond donors (Lipinski definition) is 2. The molecule has 1 unspecified atom stereocenters. The highest BCUT2D eigenvalue weighted by molar-refractivity contribution is 5.68. The van der Waals surface area contributed by atoms with E-state index in [4.69, 9.17) is 9.84 Å². The normalized spacial score (nSPS) is 13.1. The first-order valence-corrected chi connectivity index (χ1v) is 7.47. The third-order valence-corrected chi connectivity index (χ3v) is 2.89. The summed E-state index contributed by atoms with van der Waals surface area (Å²) < 4.78 is 5.38. The van der Waals surface area contributed by atoms with E-state index < -0.39 is 11.6 Å². The number of carbonyl (C=O) groups excluding carboxylic acids is 1. The highest BCUT2D eigenvalue weighted by Gasteiger charge is 2.23. The molecule has 0 aliphatic rings. The molecule has 0 aliphatic heterocycles. The summed E-state index contributed by atoms with van der Waals surface area (Å²) in [6.45, 7) is 12.5. The molecular weight excluding hydrogens is 272 g/mol. The lowest BCUT2D eigenvalue weighted by atomic mass is 10.2. The van der Waals surface area contributed by atoms with E-state index in [2.05, 4.69) is 5.32 Å². The van der Waals surface area contributed by atoms with E-state index in [1.807, 2.05) is 41.5 Å². The molecule has 6 heteroatoms. The van der Waals surface area contributed by atoms with E-state index in [0.717, 1.165) is 0 Å². The fraction of sp³-hybridized carbons (Fsp3) is 0.867. The van der Waals surface area contributed by atoms with Crippen LogP contribution in [0.15, 0.2) is 0 Å². The van der Waals surface area contributed by atoms with Crippen LogP contribution in [0.3, 0.4) is 0 Å². The van der Waals surface area contributed by atoms with Crippen LogP contribution < -0.4 is 5.32 Å². The zero-order valence-corrected chi connectivity index (χ0v) is 14.1. The first-order valence-electron chi connectivity index (χ1n) is 7.47. The minimum atomic E-state index is -0.791. The van der Waals surface area contributed by atoms with Gasteiger partial charge in [0.05, 0.1) is 0 Å². The summed E-state index contributed by atoms with van der Waals surface area (Å²) in [6, 6.07) is 0.157. The smallest absolute Gasteiger partial charge is 0.410 e. The molecule has 0 radical (unpaired) electrons. The monoisotopic (exact) mass is 302 g/mol. The lowest BCUT2D eigenvalue weighted by Gasteiger charge is -2.30. The highest BCUT2D eigenvalue weighted by atomic mass is 16.6. The average Bonchev–Trinajstić information content (AvgIpc) is 2.29. The topological polar surface area (TPSA) is 78.9 Å². The summed E-state index contributed by atoms with van der Waals surface area (Å²) >= 11 is 0. The van der Waals surface area contributed by atoms with E-state index in [1.165, 1.54) is 0 Å². The second-order valence-corrected chi connectivity index (χ2v) is 6.56. The van der Waals surface area contributed by atoms with Gasteiger partial charge in [-0.1, -0.05) is 0 Å². The molecule has 0 aromatic heterocycles. The number of ether oxygens (including phenoxy) is 1. The average molecular weight is 302 g/mol. The number of hydrogen-bond acceptors (Lipinski definition) is 4. The van der Waals surface area contributed by atoms with Gasteiger partial charge in [0.25, 0.3) is 0 Å². The first-order chi connectivity index (χ1) is 9.53. The van der Waals surface area contributed by atoms with Crippen molar-refractivity contribution < 1.29 is 19.4 Å². The van der Waals surface area contributed by atoms with E-state index in [9.17, 15) is 9.59 Å². The third-order valence-electron chi connectivity index (χ3n) is 2.89. The van der Waals surface area contributed by atoms with Crippen molar-refractivity contribution >= 4 is 12.1 Å². The first kappa shape index (κ1) is 19.7. The Morgan fingerprint density at radius 3 is 2.24 bits per heavy atom. The number of amides is 1. The van der Waals surface area contributed by atoms with Crippen LogP contribution in [0.1, 0.15) is 54.4 Å². The molecule has 0 fully saturated rings. The Hall–Kier alpha value is -1.30. The summed E-state index contributed by atoms with van der Waals surface area (Å²) in [5.74, 6) is -0.791. The fourth-order valence-corrected chi connectivity index (χ4v) is 1.75. The van der Waals surface area contributed by atoms with Gasteiger partial charge in [-0.05, 0) is 48.0 Å². The molecule has 0 heterocycles. The van der Waals surface area contributed by atoms with Crippen molar-refractivity contribution in [1.82, 2.24) is 10.2 Å². The van der Waals surface area contributed by atoms with Gasteiger partial charge in [0, 0.05) is 31.6 Å². The minimum Gasteiger partial charge on any atom is -0.481 e. The minimum absolute atomic E-state index is 0.0518. The lowest BCUT2D eigenvalue weighted by Crippen LogP contribution is -2.45. The van der Waals surface area contributed by atoms with E-state index >= 15 is 0 Å². The third kappa shape index (κ3) is 10.1. The molecule has 0 saturated heterocycles. The molecule has 124 valence electrons. The molecule has 0 aliphatic carbocycles. The maximum atomic E-state index is 12.1. The number of rotatable bonds is 8. The Balaban J connectivity index is 4.22. The van der Waals surface area contributed by atoms with Gasteiger partial charge in [-0.3, -0.25) is 4.79 Å². The zero-order chi connectivity index (χ0) is 16.6. The van der Waals surface area contributed by atoms with Crippen LogP contribution >= 0.6 is 0 Å². The van der Waals surface area contributed by atoms with Crippen LogP contribution in [0.25, 0.3) is 0 Å². The summed E-state index contributed by atoms with van der Waals surface area (Å²) in [5, 5.41) is 11.9. The molecule has 0 spiro atoms. The number of nitrogens with zero attached hydrogens (tertiary/aromatic N) is 1.